The van der Waals surface area contributed by atoms with E-state index >= 15 is 0 Å². The lowest BCUT2D eigenvalue weighted by atomic mass is 10.2. The van der Waals surface area contributed by atoms with E-state index < -0.39 is 9.77 Å². The second kappa shape index (κ2) is 4.12. The Morgan fingerprint density at radius 3 is 1.64 bits per heavy atom. The van der Waals surface area contributed by atoms with Crippen LogP contribution in [-0.4, -0.2) is 25.1 Å². The molecule has 0 unspecified atom stereocenters. The highest BCUT2D eigenvalue weighted by Gasteiger charge is 2.23. The van der Waals surface area contributed by atoms with Crippen molar-refractivity contribution in [3.05, 3.63) is 0 Å². The highest BCUT2D eigenvalue weighted by molar-refractivity contribution is 6.67. The number of halogens is 3. The van der Waals surface area contributed by atoms with Gasteiger partial charge in [-0.1, -0.05) is 34.8 Å². The summed E-state index contributed by atoms with van der Waals surface area (Å²) in [5, 5.41) is 25.2. The molecule has 0 bridgehead atoms. The molecule has 3 nitrogen and oxygen atoms in total. The van der Waals surface area contributed by atoms with E-state index in [9.17, 15) is 0 Å². The van der Waals surface area contributed by atoms with Crippen LogP contribution in [0.25, 0.3) is 0 Å². The normalized spacial score (nSPS) is 13.6. The van der Waals surface area contributed by atoms with Crippen LogP contribution in [0.3, 0.4) is 0 Å². The number of hydrogen-bond donors (Lipinski definition) is 3. The average molecular weight is 223 g/mol. The maximum absolute atomic E-state index is 8.40. The minimum atomic E-state index is -2.66. The quantitative estimate of drug-likeness (QED) is 0.497. The second-order valence-electron chi connectivity index (χ2n) is 2.24. The standard InChI is InChI=1S/C5H9Cl3O3/c6-4(7,8)2-1-3-5(9,10)11/h9-11H,1-3H2. The largest absolute Gasteiger partial charge is 0.344 e. The molecule has 0 heterocycles. The van der Waals surface area contributed by atoms with Crippen molar-refractivity contribution in [2.45, 2.75) is 29.0 Å². The fourth-order valence-corrected chi connectivity index (χ4v) is 0.927. The molecule has 11 heavy (non-hydrogen) atoms. The van der Waals surface area contributed by atoms with E-state index in [1.54, 1.807) is 0 Å². The van der Waals surface area contributed by atoms with Crippen LogP contribution in [0.5, 0.6) is 0 Å². The van der Waals surface area contributed by atoms with Gasteiger partial charge < -0.3 is 15.3 Å². The Morgan fingerprint density at radius 1 is 0.909 bits per heavy atom. The van der Waals surface area contributed by atoms with Crippen molar-refractivity contribution < 1.29 is 15.3 Å². The Balaban J connectivity index is 3.44. The molecule has 0 fully saturated rings. The van der Waals surface area contributed by atoms with Crippen molar-refractivity contribution in [2.24, 2.45) is 0 Å². The van der Waals surface area contributed by atoms with Crippen molar-refractivity contribution in [1.29, 1.82) is 0 Å². The Bertz CT molecular complexity index is 101. The molecule has 0 aromatic carbocycles. The highest BCUT2D eigenvalue weighted by atomic mass is 35.6. The number of rotatable bonds is 3. The molecule has 0 aromatic heterocycles. The molecule has 0 saturated heterocycles. The highest BCUT2D eigenvalue weighted by Crippen LogP contribution is 2.32. The lowest BCUT2D eigenvalue weighted by molar-refractivity contribution is -0.314. The molecule has 6 heteroatoms. The maximum Gasteiger partial charge on any atom is 0.275 e. The van der Waals surface area contributed by atoms with Gasteiger partial charge in [0, 0.05) is 6.42 Å². The summed E-state index contributed by atoms with van der Waals surface area (Å²) < 4.78 is -1.40. The zero-order valence-electron chi connectivity index (χ0n) is 5.60. The third-order valence-electron chi connectivity index (χ3n) is 0.972. The predicted octanol–water partition coefficient (Wildman–Crippen LogP) is 1.16. The molecule has 3 N–H and O–H groups in total. The first-order valence-electron chi connectivity index (χ1n) is 2.94. The Hall–Kier alpha value is 0.750. The lowest BCUT2D eigenvalue weighted by Gasteiger charge is -2.15. The Kier molecular flexibility index (Phi) is 4.40. The van der Waals surface area contributed by atoms with E-state index in [-0.39, 0.29) is 19.3 Å². The van der Waals surface area contributed by atoms with Crippen LogP contribution < -0.4 is 0 Å². The van der Waals surface area contributed by atoms with Gasteiger partial charge >= 0.3 is 0 Å². The molecular weight excluding hydrogens is 214 g/mol. The average Bonchev–Trinajstić information content (AvgIpc) is 1.55. The molecule has 0 atom stereocenters. The maximum atomic E-state index is 8.40. The van der Waals surface area contributed by atoms with Crippen molar-refractivity contribution in [3.8, 4) is 0 Å². The van der Waals surface area contributed by atoms with Crippen LogP contribution >= 0.6 is 34.8 Å². The summed E-state index contributed by atoms with van der Waals surface area (Å²) in [6.45, 7) is 0. The van der Waals surface area contributed by atoms with E-state index in [2.05, 4.69) is 0 Å². The monoisotopic (exact) mass is 222 g/mol. The Morgan fingerprint density at radius 2 is 1.36 bits per heavy atom. The van der Waals surface area contributed by atoms with Crippen molar-refractivity contribution >= 4 is 34.8 Å². The predicted molar refractivity (Wildman–Crippen MR) is 43.5 cm³/mol. The third kappa shape index (κ3) is 10.8. The zero-order valence-corrected chi connectivity index (χ0v) is 7.86. The van der Waals surface area contributed by atoms with Gasteiger partial charge in [-0.25, -0.2) is 0 Å². The smallest absolute Gasteiger partial charge is 0.275 e. The summed E-state index contributed by atoms with van der Waals surface area (Å²) >= 11 is 16.0. The van der Waals surface area contributed by atoms with Crippen LogP contribution in [0.15, 0.2) is 0 Å². The van der Waals surface area contributed by atoms with Gasteiger partial charge in [-0.3, -0.25) is 0 Å². The van der Waals surface area contributed by atoms with Gasteiger partial charge in [-0.15, -0.1) is 0 Å². The van der Waals surface area contributed by atoms with E-state index in [1.165, 1.54) is 0 Å². The fraction of sp³-hybridized carbons (Fsp3) is 1.00. The van der Waals surface area contributed by atoms with Gasteiger partial charge in [-0.2, -0.15) is 0 Å². The van der Waals surface area contributed by atoms with Crippen molar-refractivity contribution in [2.75, 3.05) is 0 Å². The number of aliphatic hydroxyl groups is 3. The van der Waals surface area contributed by atoms with Gasteiger partial charge in [0.1, 0.15) is 0 Å². The van der Waals surface area contributed by atoms with Gasteiger partial charge in [0.15, 0.2) is 3.79 Å². The first-order chi connectivity index (χ1) is 4.71. The molecule has 0 aromatic rings. The van der Waals surface area contributed by atoms with Crippen LogP contribution in [0.2, 0.25) is 0 Å². The van der Waals surface area contributed by atoms with E-state index in [1.807, 2.05) is 0 Å². The number of hydrogen-bond acceptors (Lipinski definition) is 3. The molecule has 0 amide bonds. The summed E-state index contributed by atoms with van der Waals surface area (Å²) in [4.78, 5) is 0. The Labute approximate surface area is 79.5 Å². The molecule has 0 saturated carbocycles. The van der Waals surface area contributed by atoms with Gasteiger partial charge in [0.2, 0.25) is 0 Å². The minimum Gasteiger partial charge on any atom is -0.344 e. The summed E-state index contributed by atoms with van der Waals surface area (Å²) in [5.41, 5.74) is 0. The summed E-state index contributed by atoms with van der Waals surface area (Å²) in [5.74, 6) is -2.66. The van der Waals surface area contributed by atoms with Crippen LogP contribution in [0, 0.1) is 0 Å². The molecule has 0 radical (unpaired) electrons. The minimum absolute atomic E-state index is 0.168. The summed E-state index contributed by atoms with van der Waals surface area (Å²) in [7, 11) is 0. The molecular formula is C5H9Cl3O3. The van der Waals surface area contributed by atoms with Crippen LogP contribution in [0.4, 0.5) is 0 Å². The van der Waals surface area contributed by atoms with Gasteiger partial charge in [-0.05, 0) is 12.8 Å². The first-order valence-corrected chi connectivity index (χ1v) is 4.08. The van der Waals surface area contributed by atoms with Crippen molar-refractivity contribution in [3.63, 3.8) is 0 Å². The molecule has 0 spiro atoms. The second-order valence-corrected chi connectivity index (χ2v) is 4.76. The fourth-order valence-electron chi connectivity index (χ4n) is 0.526. The van der Waals surface area contributed by atoms with Crippen LogP contribution in [0.1, 0.15) is 19.3 Å². The lowest BCUT2D eigenvalue weighted by Crippen LogP contribution is -2.27. The molecule has 0 aliphatic carbocycles. The topological polar surface area (TPSA) is 60.7 Å². The molecule has 0 aliphatic rings. The molecule has 0 aliphatic heterocycles. The molecule has 0 rings (SSSR count). The SMILES string of the molecule is OC(O)(O)CCCC(Cl)(Cl)Cl. The summed E-state index contributed by atoms with van der Waals surface area (Å²) in [6, 6.07) is 0. The van der Waals surface area contributed by atoms with Gasteiger partial charge in [0.25, 0.3) is 5.97 Å². The summed E-state index contributed by atoms with van der Waals surface area (Å²) in [6.07, 6.45) is 0.155. The molecule has 68 valence electrons. The third-order valence-corrected chi connectivity index (χ3v) is 1.54. The van der Waals surface area contributed by atoms with Gasteiger partial charge in [0.05, 0.1) is 0 Å². The van der Waals surface area contributed by atoms with Crippen LogP contribution in [-0.2, 0) is 0 Å². The first kappa shape index (κ1) is 11.8. The van der Waals surface area contributed by atoms with E-state index in [0.29, 0.717) is 0 Å². The van der Waals surface area contributed by atoms with E-state index in [0.717, 1.165) is 0 Å². The van der Waals surface area contributed by atoms with E-state index in [4.69, 9.17) is 50.1 Å². The van der Waals surface area contributed by atoms with Crippen molar-refractivity contribution in [1.82, 2.24) is 0 Å². The number of alkyl halides is 3. The zero-order chi connectivity index (χ0) is 9.12.